The van der Waals surface area contributed by atoms with E-state index in [1.165, 1.54) is 0 Å². The van der Waals surface area contributed by atoms with Crippen LogP contribution in [-0.4, -0.2) is 18.4 Å². The third-order valence-electron chi connectivity index (χ3n) is 4.42. The predicted molar refractivity (Wildman–Crippen MR) is 128 cm³/mol. The molecular weight excluding hydrogens is 456 g/mol. The highest BCUT2D eigenvalue weighted by atomic mass is 79.9. The van der Waals surface area contributed by atoms with Gasteiger partial charge in [-0.25, -0.2) is 0 Å². The molecule has 0 aliphatic heterocycles. The standard InChI is InChI=1S/C25H25BrN2O3/c1-16(2)15-31-23-11-10-19(14-22(23)26)25(30)28-21-9-5-7-18(13-21)24(29)27-20-8-4-6-17(3)12-20/h4-14,16H,15H2,1-3H3,(H,27,29)(H,28,30). The molecule has 0 heterocycles. The Hall–Kier alpha value is -3.12. The molecule has 0 aliphatic rings. The van der Waals surface area contributed by atoms with E-state index in [1.807, 2.05) is 31.2 Å². The van der Waals surface area contributed by atoms with E-state index in [0.717, 1.165) is 11.3 Å². The van der Waals surface area contributed by atoms with Gasteiger partial charge in [-0.2, -0.15) is 0 Å². The zero-order chi connectivity index (χ0) is 22.4. The maximum Gasteiger partial charge on any atom is 0.255 e. The van der Waals surface area contributed by atoms with Crippen molar-refractivity contribution in [1.82, 2.24) is 0 Å². The molecule has 0 radical (unpaired) electrons. The molecule has 0 unspecified atom stereocenters. The summed E-state index contributed by atoms with van der Waals surface area (Å²) in [6.45, 7) is 6.71. The molecule has 0 atom stereocenters. The SMILES string of the molecule is Cc1cccc(NC(=O)c2cccc(NC(=O)c3ccc(OCC(C)C)c(Br)c3)c2)c1. The normalized spacial score (nSPS) is 10.6. The average molecular weight is 481 g/mol. The lowest BCUT2D eigenvalue weighted by Gasteiger charge is -2.12. The van der Waals surface area contributed by atoms with Crippen molar-refractivity contribution >= 4 is 39.1 Å². The van der Waals surface area contributed by atoms with Gasteiger partial charge in [0.2, 0.25) is 0 Å². The first-order valence-corrected chi connectivity index (χ1v) is 10.8. The summed E-state index contributed by atoms with van der Waals surface area (Å²) in [5.41, 5.74) is 3.27. The Morgan fingerprint density at radius 2 is 1.48 bits per heavy atom. The maximum atomic E-state index is 12.7. The fourth-order valence-corrected chi connectivity index (χ4v) is 3.38. The van der Waals surface area contributed by atoms with Gasteiger partial charge in [0.25, 0.3) is 11.8 Å². The van der Waals surface area contributed by atoms with E-state index in [2.05, 4.69) is 40.4 Å². The van der Waals surface area contributed by atoms with Crippen LogP contribution >= 0.6 is 15.9 Å². The van der Waals surface area contributed by atoms with Gasteiger partial charge in [-0.3, -0.25) is 9.59 Å². The lowest BCUT2D eigenvalue weighted by atomic mass is 10.1. The Labute approximate surface area is 191 Å². The number of amides is 2. The highest BCUT2D eigenvalue weighted by Crippen LogP contribution is 2.27. The van der Waals surface area contributed by atoms with Gasteiger partial charge >= 0.3 is 0 Å². The van der Waals surface area contributed by atoms with Crippen molar-refractivity contribution in [2.45, 2.75) is 20.8 Å². The molecule has 0 bridgehead atoms. The monoisotopic (exact) mass is 480 g/mol. The summed E-state index contributed by atoms with van der Waals surface area (Å²) in [4.78, 5) is 25.3. The number of nitrogens with one attached hydrogen (secondary N) is 2. The highest BCUT2D eigenvalue weighted by molar-refractivity contribution is 9.10. The van der Waals surface area contributed by atoms with Gasteiger partial charge in [-0.15, -0.1) is 0 Å². The van der Waals surface area contributed by atoms with Crippen molar-refractivity contribution in [2.24, 2.45) is 5.92 Å². The fourth-order valence-electron chi connectivity index (χ4n) is 2.88. The molecule has 0 aromatic heterocycles. The minimum atomic E-state index is -0.271. The van der Waals surface area contributed by atoms with Crippen LogP contribution < -0.4 is 15.4 Å². The number of rotatable bonds is 7. The van der Waals surface area contributed by atoms with Gasteiger partial charge in [-0.05, 0) is 82.9 Å². The molecule has 0 fully saturated rings. The minimum Gasteiger partial charge on any atom is -0.492 e. The van der Waals surface area contributed by atoms with E-state index < -0.39 is 0 Å². The van der Waals surface area contributed by atoms with Gasteiger partial charge in [0.1, 0.15) is 5.75 Å². The van der Waals surface area contributed by atoms with E-state index in [0.29, 0.717) is 39.6 Å². The molecule has 0 aliphatic carbocycles. The van der Waals surface area contributed by atoms with Crippen LogP contribution in [0.1, 0.15) is 40.1 Å². The van der Waals surface area contributed by atoms with E-state index >= 15 is 0 Å². The van der Waals surface area contributed by atoms with Crippen LogP contribution in [0.15, 0.2) is 71.2 Å². The molecule has 2 N–H and O–H groups in total. The number of hydrogen-bond donors (Lipinski definition) is 2. The summed E-state index contributed by atoms with van der Waals surface area (Å²) in [5.74, 6) is 0.591. The molecule has 0 saturated heterocycles. The lowest BCUT2D eigenvalue weighted by Crippen LogP contribution is -2.15. The first kappa shape index (κ1) is 22.6. The Bertz CT molecular complexity index is 1100. The molecular formula is C25H25BrN2O3. The molecule has 3 aromatic rings. The van der Waals surface area contributed by atoms with Crippen molar-refractivity contribution in [3.05, 3.63) is 87.9 Å². The lowest BCUT2D eigenvalue weighted by molar-refractivity contribution is 0.101. The number of halogens is 1. The van der Waals surface area contributed by atoms with Crippen LogP contribution in [0, 0.1) is 12.8 Å². The molecule has 0 saturated carbocycles. The first-order chi connectivity index (χ1) is 14.8. The molecule has 5 nitrogen and oxygen atoms in total. The topological polar surface area (TPSA) is 67.4 Å². The quantitative estimate of drug-likeness (QED) is 0.417. The number of ether oxygens (including phenoxy) is 1. The Balaban J connectivity index is 1.68. The van der Waals surface area contributed by atoms with Crippen LogP contribution in [0.3, 0.4) is 0 Å². The highest BCUT2D eigenvalue weighted by Gasteiger charge is 2.12. The van der Waals surface area contributed by atoms with Crippen LogP contribution in [0.25, 0.3) is 0 Å². The smallest absolute Gasteiger partial charge is 0.255 e. The Morgan fingerprint density at radius 1 is 0.871 bits per heavy atom. The summed E-state index contributed by atoms with van der Waals surface area (Å²) in [6, 6.07) is 19.6. The van der Waals surface area contributed by atoms with Crippen molar-refractivity contribution in [3.8, 4) is 5.75 Å². The average Bonchev–Trinajstić information content (AvgIpc) is 2.73. The van der Waals surface area contributed by atoms with Gasteiger partial charge < -0.3 is 15.4 Å². The zero-order valence-electron chi connectivity index (χ0n) is 17.7. The van der Waals surface area contributed by atoms with Gasteiger partial charge in [-0.1, -0.05) is 32.0 Å². The van der Waals surface area contributed by atoms with Crippen molar-refractivity contribution in [1.29, 1.82) is 0 Å². The van der Waals surface area contributed by atoms with Crippen molar-refractivity contribution in [3.63, 3.8) is 0 Å². The van der Waals surface area contributed by atoms with Gasteiger partial charge in [0.05, 0.1) is 11.1 Å². The van der Waals surface area contributed by atoms with Crippen LogP contribution in [-0.2, 0) is 0 Å². The van der Waals surface area contributed by atoms with E-state index in [1.54, 1.807) is 42.5 Å². The zero-order valence-corrected chi connectivity index (χ0v) is 19.3. The molecule has 3 rings (SSSR count). The third-order valence-corrected chi connectivity index (χ3v) is 5.04. The molecule has 31 heavy (non-hydrogen) atoms. The molecule has 6 heteroatoms. The van der Waals surface area contributed by atoms with E-state index in [9.17, 15) is 9.59 Å². The molecule has 0 spiro atoms. The molecule has 160 valence electrons. The van der Waals surface area contributed by atoms with Crippen molar-refractivity contribution in [2.75, 3.05) is 17.2 Å². The first-order valence-electron chi connectivity index (χ1n) is 10.0. The van der Waals surface area contributed by atoms with Crippen LogP contribution in [0.4, 0.5) is 11.4 Å². The Morgan fingerprint density at radius 3 is 2.10 bits per heavy atom. The Kier molecular flexibility index (Phi) is 7.47. The number of benzene rings is 3. The van der Waals surface area contributed by atoms with Gasteiger partial charge in [0.15, 0.2) is 0 Å². The summed E-state index contributed by atoms with van der Waals surface area (Å²) in [7, 11) is 0. The second-order valence-corrected chi connectivity index (χ2v) is 8.56. The van der Waals surface area contributed by atoms with Crippen molar-refractivity contribution < 1.29 is 14.3 Å². The van der Waals surface area contributed by atoms with Gasteiger partial charge in [0, 0.05) is 22.5 Å². The van der Waals surface area contributed by atoms with Crippen LogP contribution in [0.5, 0.6) is 5.75 Å². The number of carbonyl (C=O) groups is 2. The minimum absolute atomic E-state index is 0.240. The fraction of sp³-hybridized carbons (Fsp3) is 0.200. The number of carbonyl (C=O) groups excluding carboxylic acids is 2. The summed E-state index contributed by atoms with van der Waals surface area (Å²) in [6.07, 6.45) is 0. The predicted octanol–water partition coefficient (Wildman–Crippen LogP) is 6.30. The number of hydrogen-bond acceptors (Lipinski definition) is 3. The van der Waals surface area contributed by atoms with Crippen LogP contribution in [0.2, 0.25) is 0 Å². The molecule has 2 amide bonds. The summed E-state index contributed by atoms with van der Waals surface area (Å²) < 4.78 is 6.44. The van der Waals surface area contributed by atoms with E-state index in [-0.39, 0.29) is 11.8 Å². The largest absolute Gasteiger partial charge is 0.492 e. The second kappa shape index (κ2) is 10.3. The van der Waals surface area contributed by atoms with E-state index in [4.69, 9.17) is 4.74 Å². The summed E-state index contributed by atoms with van der Waals surface area (Å²) in [5, 5.41) is 5.72. The summed E-state index contributed by atoms with van der Waals surface area (Å²) >= 11 is 3.46. The second-order valence-electron chi connectivity index (χ2n) is 7.71. The maximum absolute atomic E-state index is 12.7. The number of aryl methyl sites for hydroxylation is 1. The number of anilines is 2. The molecule has 3 aromatic carbocycles. The third kappa shape index (κ3) is 6.43.